The van der Waals surface area contributed by atoms with Crippen molar-refractivity contribution in [2.75, 3.05) is 10.6 Å². The van der Waals surface area contributed by atoms with Gasteiger partial charge in [-0.05, 0) is 24.3 Å². The maximum atomic E-state index is 13.4. The number of carbonyl (C=O) groups excluding carboxylic acids is 1. The standard InChI is InChI=1S/C13H9F2N5O/c14-8-1-3-10(15)11(5-8)18-13(21)17-9-2-4-12-19-16-7-20(12)6-9/h1-7H,(H2,17,18,21). The molecule has 0 unspecified atom stereocenters. The van der Waals surface area contributed by atoms with Gasteiger partial charge in [-0.2, -0.15) is 0 Å². The Morgan fingerprint density at radius 3 is 2.86 bits per heavy atom. The average Bonchev–Trinajstić information content (AvgIpc) is 2.90. The summed E-state index contributed by atoms with van der Waals surface area (Å²) in [6.07, 6.45) is 3.07. The average molecular weight is 289 g/mol. The van der Waals surface area contributed by atoms with Crippen molar-refractivity contribution in [1.29, 1.82) is 0 Å². The van der Waals surface area contributed by atoms with Crippen LogP contribution in [0.4, 0.5) is 25.0 Å². The summed E-state index contributed by atoms with van der Waals surface area (Å²) in [7, 11) is 0. The molecule has 21 heavy (non-hydrogen) atoms. The number of anilines is 2. The zero-order chi connectivity index (χ0) is 14.8. The molecule has 8 heteroatoms. The van der Waals surface area contributed by atoms with Crippen molar-refractivity contribution in [3.05, 3.63) is 54.5 Å². The minimum atomic E-state index is -0.721. The van der Waals surface area contributed by atoms with Gasteiger partial charge in [-0.1, -0.05) is 0 Å². The largest absolute Gasteiger partial charge is 0.323 e. The summed E-state index contributed by atoms with van der Waals surface area (Å²) in [5, 5.41) is 12.3. The normalized spacial score (nSPS) is 10.6. The lowest BCUT2D eigenvalue weighted by atomic mass is 10.3. The highest BCUT2D eigenvalue weighted by Crippen LogP contribution is 2.16. The fraction of sp³-hybridized carbons (Fsp3) is 0. The monoisotopic (exact) mass is 289 g/mol. The first-order valence-corrected chi connectivity index (χ1v) is 5.94. The number of amides is 2. The molecule has 0 atom stereocenters. The number of nitrogens with zero attached hydrogens (tertiary/aromatic N) is 3. The van der Waals surface area contributed by atoms with Gasteiger partial charge in [0.1, 0.15) is 18.0 Å². The van der Waals surface area contributed by atoms with Crippen LogP contribution < -0.4 is 10.6 Å². The minimum absolute atomic E-state index is 0.238. The lowest BCUT2D eigenvalue weighted by Crippen LogP contribution is -2.20. The first-order valence-electron chi connectivity index (χ1n) is 5.94. The van der Waals surface area contributed by atoms with E-state index in [9.17, 15) is 13.6 Å². The van der Waals surface area contributed by atoms with Crippen LogP contribution in [0.2, 0.25) is 0 Å². The van der Waals surface area contributed by atoms with Crippen LogP contribution in [0.3, 0.4) is 0 Å². The van der Waals surface area contributed by atoms with Crippen LogP contribution in [0.25, 0.3) is 5.65 Å². The summed E-state index contributed by atoms with van der Waals surface area (Å²) in [6.45, 7) is 0. The van der Waals surface area contributed by atoms with E-state index in [4.69, 9.17) is 0 Å². The van der Waals surface area contributed by atoms with Gasteiger partial charge < -0.3 is 10.6 Å². The summed E-state index contributed by atoms with van der Waals surface area (Å²) >= 11 is 0. The number of hydrogen-bond donors (Lipinski definition) is 2. The molecule has 0 saturated heterocycles. The summed E-state index contributed by atoms with van der Waals surface area (Å²) in [4.78, 5) is 11.8. The molecular weight excluding hydrogens is 280 g/mol. The van der Waals surface area contributed by atoms with Gasteiger partial charge in [-0.3, -0.25) is 4.40 Å². The van der Waals surface area contributed by atoms with Gasteiger partial charge >= 0.3 is 6.03 Å². The second kappa shape index (κ2) is 5.16. The Morgan fingerprint density at radius 2 is 2.00 bits per heavy atom. The minimum Gasteiger partial charge on any atom is -0.306 e. The molecule has 3 aromatic rings. The van der Waals surface area contributed by atoms with Crippen LogP contribution in [0.5, 0.6) is 0 Å². The van der Waals surface area contributed by atoms with Gasteiger partial charge in [0.25, 0.3) is 0 Å². The van der Waals surface area contributed by atoms with E-state index in [0.717, 1.165) is 18.2 Å². The van der Waals surface area contributed by atoms with E-state index in [0.29, 0.717) is 11.3 Å². The highest BCUT2D eigenvalue weighted by atomic mass is 19.1. The van der Waals surface area contributed by atoms with Crippen LogP contribution in [-0.2, 0) is 0 Å². The number of urea groups is 1. The molecule has 0 aliphatic carbocycles. The zero-order valence-electron chi connectivity index (χ0n) is 10.5. The van der Waals surface area contributed by atoms with Crippen molar-refractivity contribution in [2.45, 2.75) is 0 Å². The fourth-order valence-electron chi connectivity index (χ4n) is 1.78. The van der Waals surface area contributed by atoms with Crippen molar-refractivity contribution >= 4 is 23.1 Å². The summed E-state index contributed by atoms with van der Waals surface area (Å²) in [6, 6.07) is 5.40. The molecule has 0 aliphatic heterocycles. The van der Waals surface area contributed by atoms with Crippen molar-refractivity contribution < 1.29 is 13.6 Å². The molecule has 2 aromatic heterocycles. The Kier molecular flexibility index (Phi) is 3.19. The van der Waals surface area contributed by atoms with Crippen LogP contribution in [0.1, 0.15) is 0 Å². The molecular formula is C13H9F2N5O. The molecule has 3 rings (SSSR count). The molecule has 2 heterocycles. The molecule has 0 saturated carbocycles. The van der Waals surface area contributed by atoms with E-state index in [1.165, 1.54) is 6.33 Å². The lowest BCUT2D eigenvalue weighted by Gasteiger charge is -2.08. The predicted octanol–water partition coefficient (Wildman–Crippen LogP) is 2.65. The second-order valence-corrected chi connectivity index (χ2v) is 4.22. The van der Waals surface area contributed by atoms with Crippen molar-refractivity contribution in [3.63, 3.8) is 0 Å². The van der Waals surface area contributed by atoms with E-state index < -0.39 is 17.7 Å². The molecule has 106 valence electrons. The van der Waals surface area contributed by atoms with E-state index in [-0.39, 0.29) is 5.69 Å². The molecule has 6 nitrogen and oxygen atoms in total. The molecule has 0 aliphatic rings. The van der Waals surface area contributed by atoms with E-state index in [1.807, 2.05) is 0 Å². The molecule has 0 bridgehead atoms. The quantitative estimate of drug-likeness (QED) is 0.762. The zero-order valence-corrected chi connectivity index (χ0v) is 10.5. The number of hydrogen-bond acceptors (Lipinski definition) is 3. The lowest BCUT2D eigenvalue weighted by molar-refractivity contribution is 0.262. The predicted molar refractivity (Wildman–Crippen MR) is 72.0 cm³/mol. The number of fused-ring (bicyclic) bond motifs is 1. The summed E-state index contributed by atoms with van der Waals surface area (Å²) < 4.78 is 28.0. The number of nitrogens with one attached hydrogen (secondary N) is 2. The fourth-order valence-corrected chi connectivity index (χ4v) is 1.78. The number of halogens is 2. The van der Waals surface area contributed by atoms with Crippen molar-refractivity contribution in [3.8, 4) is 0 Å². The topological polar surface area (TPSA) is 71.3 Å². The Morgan fingerprint density at radius 1 is 1.14 bits per heavy atom. The third-order valence-corrected chi connectivity index (χ3v) is 2.73. The highest BCUT2D eigenvalue weighted by Gasteiger charge is 2.08. The van der Waals surface area contributed by atoms with Crippen molar-refractivity contribution in [1.82, 2.24) is 14.6 Å². The Balaban J connectivity index is 1.75. The number of benzene rings is 1. The Labute approximate surface area is 117 Å². The summed E-state index contributed by atoms with van der Waals surface area (Å²) in [5.74, 6) is -1.36. The third kappa shape index (κ3) is 2.78. The maximum absolute atomic E-state index is 13.4. The van der Waals surface area contributed by atoms with E-state index in [2.05, 4.69) is 20.8 Å². The highest BCUT2D eigenvalue weighted by molar-refractivity contribution is 5.99. The van der Waals surface area contributed by atoms with Crippen LogP contribution in [0, 0.1) is 11.6 Å². The number of pyridine rings is 1. The van der Waals surface area contributed by atoms with Crippen LogP contribution in [-0.4, -0.2) is 20.6 Å². The van der Waals surface area contributed by atoms with E-state index in [1.54, 1.807) is 22.7 Å². The third-order valence-electron chi connectivity index (χ3n) is 2.73. The molecule has 2 amide bonds. The molecule has 0 spiro atoms. The number of aromatic nitrogens is 3. The molecule has 1 aromatic carbocycles. The Hall–Kier alpha value is -3.03. The number of carbonyl (C=O) groups is 1. The van der Waals surface area contributed by atoms with Gasteiger partial charge in [0.15, 0.2) is 5.65 Å². The number of rotatable bonds is 2. The smallest absolute Gasteiger partial charge is 0.306 e. The molecule has 2 N–H and O–H groups in total. The molecule has 0 radical (unpaired) electrons. The van der Waals surface area contributed by atoms with Gasteiger partial charge in [-0.15, -0.1) is 10.2 Å². The van der Waals surface area contributed by atoms with Gasteiger partial charge in [-0.25, -0.2) is 13.6 Å². The Bertz CT molecular complexity index is 817. The maximum Gasteiger partial charge on any atom is 0.323 e. The van der Waals surface area contributed by atoms with E-state index >= 15 is 0 Å². The molecule has 0 fully saturated rings. The van der Waals surface area contributed by atoms with Crippen molar-refractivity contribution in [2.24, 2.45) is 0 Å². The summed E-state index contributed by atoms with van der Waals surface area (Å²) in [5.41, 5.74) is 0.839. The first-order chi connectivity index (χ1) is 10.1. The van der Waals surface area contributed by atoms with Gasteiger partial charge in [0.2, 0.25) is 0 Å². The SMILES string of the molecule is O=C(Nc1ccc2nncn2c1)Nc1cc(F)ccc1F. The van der Waals surface area contributed by atoms with Gasteiger partial charge in [0, 0.05) is 12.3 Å². The van der Waals surface area contributed by atoms with Crippen LogP contribution >= 0.6 is 0 Å². The first kappa shape index (κ1) is 13.0. The second-order valence-electron chi connectivity index (χ2n) is 4.22. The van der Waals surface area contributed by atoms with Crippen LogP contribution in [0.15, 0.2) is 42.9 Å². The van der Waals surface area contributed by atoms with Gasteiger partial charge in [0.05, 0.1) is 11.4 Å².